The van der Waals surface area contributed by atoms with Gasteiger partial charge in [0, 0.05) is 47.5 Å². The van der Waals surface area contributed by atoms with E-state index < -0.39 is 31.1 Å². The third-order valence-corrected chi connectivity index (χ3v) is 11.9. The number of hydrogen-bond acceptors (Lipinski definition) is 8. The van der Waals surface area contributed by atoms with Gasteiger partial charge >= 0.3 is 0 Å². The predicted molar refractivity (Wildman–Crippen MR) is 215 cm³/mol. The van der Waals surface area contributed by atoms with Gasteiger partial charge in [-0.2, -0.15) is 13.0 Å². The second kappa shape index (κ2) is 18.5. The van der Waals surface area contributed by atoms with Crippen molar-refractivity contribution in [3.8, 4) is 12.3 Å². The average molecular weight is 781 g/mol. The van der Waals surface area contributed by atoms with Crippen LogP contribution in [-0.4, -0.2) is 86.8 Å². The van der Waals surface area contributed by atoms with Crippen molar-refractivity contribution < 1.29 is 35.3 Å². The molecule has 2 aromatic carbocycles. The fourth-order valence-corrected chi connectivity index (χ4v) is 8.03. The Morgan fingerprint density at radius 3 is 2.13 bits per heavy atom. The number of benzene rings is 2. The summed E-state index contributed by atoms with van der Waals surface area (Å²) in [6.45, 7) is 18.9. The van der Waals surface area contributed by atoms with Crippen LogP contribution in [0.1, 0.15) is 85.3 Å². The summed E-state index contributed by atoms with van der Waals surface area (Å²) >= 11 is 0. The number of carbonyl (C=O) groups excluding carboxylic acids is 1. The van der Waals surface area contributed by atoms with E-state index >= 15 is 0 Å². The molecule has 1 amide bonds. The van der Waals surface area contributed by atoms with Gasteiger partial charge < -0.3 is 19.7 Å². The topological polar surface area (TPSA) is 150 Å². The first-order valence-electron chi connectivity index (χ1n) is 18.3. The van der Waals surface area contributed by atoms with Gasteiger partial charge in [-0.25, -0.2) is 8.42 Å². The SMILES string of the molecule is C#CCNC(=O)CCCCCN1\C(=C/C=C/C=C/C2=[N+](C)c3ccc(S(=O)(=O)O)cc3C2(C)C)C(C)(C)c2cc(S(=O)(=O)[O-])ccc21.CCN(CC)CC. The Balaban J connectivity index is 0.00000102. The van der Waals surface area contributed by atoms with Crippen molar-refractivity contribution in [2.24, 2.45) is 0 Å². The van der Waals surface area contributed by atoms with E-state index in [9.17, 15) is 30.7 Å². The molecule has 2 aliphatic heterocycles. The lowest BCUT2D eigenvalue weighted by Crippen LogP contribution is -2.27. The molecule has 0 unspecified atom stereocenters. The van der Waals surface area contributed by atoms with E-state index in [4.69, 9.17) is 6.42 Å². The largest absolute Gasteiger partial charge is 0.744 e. The molecule has 2 heterocycles. The Kier molecular flexibility index (Phi) is 15.2. The summed E-state index contributed by atoms with van der Waals surface area (Å²) in [5.74, 6) is 2.30. The number of carbonyl (C=O) groups is 1. The minimum Gasteiger partial charge on any atom is -0.744 e. The van der Waals surface area contributed by atoms with Crippen LogP contribution in [0.5, 0.6) is 0 Å². The summed E-state index contributed by atoms with van der Waals surface area (Å²) in [6.07, 6.45) is 17.5. The first-order valence-corrected chi connectivity index (χ1v) is 21.2. The highest BCUT2D eigenvalue weighted by atomic mass is 32.2. The summed E-state index contributed by atoms with van der Waals surface area (Å²) in [5.41, 5.74) is 3.94. The lowest BCUT2D eigenvalue weighted by Gasteiger charge is -2.27. The molecule has 0 spiro atoms. The molecule has 294 valence electrons. The molecule has 0 aliphatic carbocycles. The summed E-state index contributed by atoms with van der Waals surface area (Å²) in [7, 11) is -7.07. The molecule has 0 fully saturated rings. The van der Waals surface area contributed by atoms with Gasteiger partial charge in [0.05, 0.1) is 21.8 Å². The minimum atomic E-state index is -4.63. The summed E-state index contributed by atoms with van der Waals surface area (Å²) in [5, 5.41) is 2.67. The van der Waals surface area contributed by atoms with Crippen molar-refractivity contribution in [3.63, 3.8) is 0 Å². The molecular formula is C41H56N4O7S2. The van der Waals surface area contributed by atoms with Gasteiger partial charge in [-0.3, -0.25) is 9.35 Å². The third kappa shape index (κ3) is 10.6. The highest BCUT2D eigenvalue weighted by Crippen LogP contribution is 2.48. The first kappa shape index (κ1) is 44.3. The quantitative estimate of drug-likeness (QED) is 0.0699. The van der Waals surface area contributed by atoms with Crippen molar-refractivity contribution in [3.05, 3.63) is 83.6 Å². The number of hydrogen-bond donors (Lipinski definition) is 2. The normalized spacial score (nSPS) is 16.9. The lowest BCUT2D eigenvalue weighted by atomic mass is 9.81. The van der Waals surface area contributed by atoms with Crippen LogP contribution in [0.3, 0.4) is 0 Å². The zero-order chi connectivity index (χ0) is 40.5. The van der Waals surface area contributed by atoms with Crippen LogP contribution in [0.25, 0.3) is 0 Å². The molecule has 54 heavy (non-hydrogen) atoms. The number of nitrogens with one attached hydrogen (secondary N) is 1. The molecule has 0 radical (unpaired) electrons. The molecule has 11 nitrogen and oxygen atoms in total. The van der Waals surface area contributed by atoms with E-state index in [1.165, 1.54) is 43.9 Å². The van der Waals surface area contributed by atoms with Crippen LogP contribution in [0.4, 0.5) is 11.4 Å². The van der Waals surface area contributed by atoms with Gasteiger partial charge in [-0.15, -0.1) is 6.42 Å². The monoisotopic (exact) mass is 780 g/mol. The Labute approximate surface area is 323 Å². The van der Waals surface area contributed by atoms with Crippen LogP contribution >= 0.6 is 0 Å². The van der Waals surface area contributed by atoms with Crippen molar-refractivity contribution in [1.29, 1.82) is 0 Å². The lowest BCUT2D eigenvalue weighted by molar-refractivity contribution is -0.401. The van der Waals surface area contributed by atoms with Gasteiger partial charge in [-0.05, 0) is 88.3 Å². The van der Waals surface area contributed by atoms with E-state index in [0.717, 1.165) is 46.8 Å². The van der Waals surface area contributed by atoms with Crippen molar-refractivity contribution in [2.45, 2.75) is 94.8 Å². The van der Waals surface area contributed by atoms with Gasteiger partial charge in [0.2, 0.25) is 11.6 Å². The molecule has 0 bridgehead atoms. The zero-order valence-corrected chi connectivity index (χ0v) is 34.5. The summed E-state index contributed by atoms with van der Waals surface area (Å²) in [6, 6.07) is 9.07. The van der Waals surface area contributed by atoms with Gasteiger partial charge in [0.15, 0.2) is 5.71 Å². The predicted octanol–water partition coefficient (Wildman–Crippen LogP) is 6.30. The second-order valence-electron chi connectivity index (χ2n) is 14.3. The first-order chi connectivity index (χ1) is 25.2. The van der Waals surface area contributed by atoms with E-state index in [1.54, 1.807) is 12.1 Å². The molecular weight excluding hydrogens is 725 g/mol. The number of fused-ring (bicyclic) bond motifs is 2. The maximum absolute atomic E-state index is 11.9. The minimum absolute atomic E-state index is 0.0854. The molecule has 0 atom stereocenters. The maximum atomic E-state index is 11.9. The number of rotatable bonds is 15. The molecule has 0 saturated carbocycles. The Hall–Kier alpha value is -4.06. The smallest absolute Gasteiger partial charge is 0.294 e. The highest BCUT2D eigenvalue weighted by molar-refractivity contribution is 7.86. The molecule has 0 saturated heterocycles. The fourth-order valence-electron chi connectivity index (χ4n) is 7.03. The van der Waals surface area contributed by atoms with Gasteiger partial charge in [0.25, 0.3) is 10.1 Å². The second-order valence-corrected chi connectivity index (χ2v) is 17.1. The summed E-state index contributed by atoms with van der Waals surface area (Å²) in [4.78, 5) is 16.0. The van der Waals surface area contributed by atoms with E-state index in [-0.39, 0.29) is 22.2 Å². The number of amides is 1. The number of allylic oxidation sites excluding steroid dienone is 6. The Bertz CT molecular complexity index is 2060. The van der Waals surface area contributed by atoms with Gasteiger partial charge in [0.1, 0.15) is 17.2 Å². The number of anilines is 1. The molecule has 4 rings (SSSR count). The van der Waals surface area contributed by atoms with Crippen LogP contribution in [0.15, 0.2) is 82.3 Å². The van der Waals surface area contributed by atoms with Crippen LogP contribution in [-0.2, 0) is 35.9 Å². The van der Waals surface area contributed by atoms with Crippen LogP contribution < -0.4 is 10.2 Å². The van der Waals surface area contributed by atoms with E-state index in [1.807, 2.05) is 69.7 Å². The van der Waals surface area contributed by atoms with Crippen molar-refractivity contribution in [1.82, 2.24) is 10.2 Å². The molecule has 2 N–H and O–H groups in total. The van der Waals surface area contributed by atoms with Crippen LogP contribution in [0, 0.1) is 12.3 Å². The van der Waals surface area contributed by atoms with E-state index in [2.05, 4.69) is 41.8 Å². The van der Waals surface area contributed by atoms with E-state index in [0.29, 0.717) is 19.4 Å². The van der Waals surface area contributed by atoms with Crippen LogP contribution in [0.2, 0.25) is 0 Å². The summed E-state index contributed by atoms with van der Waals surface area (Å²) < 4.78 is 70.5. The molecule has 13 heteroatoms. The fraction of sp³-hybridized carbons (Fsp3) is 0.463. The number of nitrogens with zero attached hydrogens (tertiary/aromatic N) is 3. The molecule has 2 aliphatic rings. The number of unbranched alkanes of at least 4 members (excludes halogenated alkanes) is 2. The Morgan fingerprint density at radius 2 is 1.56 bits per heavy atom. The number of terminal acetylenes is 1. The molecule has 0 aromatic heterocycles. The zero-order valence-electron chi connectivity index (χ0n) is 32.8. The van der Waals surface area contributed by atoms with Crippen molar-refractivity contribution >= 4 is 43.2 Å². The average Bonchev–Trinajstić information content (AvgIpc) is 3.44. The molecule has 2 aromatic rings. The van der Waals surface area contributed by atoms with Gasteiger partial charge in [-0.1, -0.05) is 65.2 Å². The highest BCUT2D eigenvalue weighted by Gasteiger charge is 2.43. The standard InChI is InChI=1S/C35H41N3O7S2.C6H15N/c1-7-21-36-33(39)16-12-9-13-22-38-30-20-18-26(47(43,44)45)24-28(30)35(4,5)32(38)15-11-8-10-14-31-34(2,3)27-23-25(46(40,41)42)17-19-29(27)37(31)6;1-4-7(5-2)6-3/h1,8,10-11,14-15,17-20,23-24H,9,12-13,16,21-22H2,2-6H3,(H2-,36,39,40,41,42,43,44,45);4-6H2,1-3H3. The Morgan fingerprint density at radius 1 is 0.926 bits per heavy atom. The third-order valence-electron chi connectivity index (χ3n) is 10.2. The maximum Gasteiger partial charge on any atom is 0.294 e. The van der Waals surface area contributed by atoms with Crippen molar-refractivity contribution in [2.75, 3.05) is 44.7 Å².